The van der Waals surface area contributed by atoms with Gasteiger partial charge >= 0.3 is 0 Å². The zero-order valence-electron chi connectivity index (χ0n) is 20.2. The lowest BCUT2D eigenvalue weighted by Gasteiger charge is -2.22. The molecule has 0 fully saturated rings. The molecule has 0 radical (unpaired) electrons. The Morgan fingerprint density at radius 1 is 1.28 bits per heavy atom. The van der Waals surface area contributed by atoms with Crippen LogP contribution in [-0.4, -0.2) is 9.55 Å². The zero-order chi connectivity index (χ0) is 23.2. The van der Waals surface area contributed by atoms with Crippen LogP contribution in [0, 0.1) is 19.8 Å². The number of thiophene rings is 1. The molecule has 1 aromatic carbocycles. The summed E-state index contributed by atoms with van der Waals surface area (Å²) in [5.74, 6) is 1.49. The molecular formula is C27H34N2OS2. The minimum absolute atomic E-state index is 0.0981. The van der Waals surface area contributed by atoms with Gasteiger partial charge in [0.15, 0.2) is 5.16 Å². The Balaban J connectivity index is 1.73. The standard InChI is InChI=1S/C27H34N2OS2/c1-8-11-29-25(30)23-20-10-9-16(2)12-22(20)32-24(23)28-26(29)31-15-21-17(3)13-19(14-18(21)4)27(5,6)7/h8,13-14,16H,1,9-12,15H2,2-7H3. The second-order valence-electron chi connectivity index (χ2n) is 10.3. The first-order valence-electron chi connectivity index (χ1n) is 11.5. The molecule has 0 saturated heterocycles. The minimum Gasteiger partial charge on any atom is -0.283 e. The molecule has 1 unspecified atom stereocenters. The maximum atomic E-state index is 13.5. The van der Waals surface area contributed by atoms with Crippen molar-refractivity contribution in [3.63, 3.8) is 0 Å². The largest absolute Gasteiger partial charge is 0.283 e. The van der Waals surface area contributed by atoms with Gasteiger partial charge in [-0.1, -0.05) is 57.7 Å². The Kier molecular flexibility index (Phi) is 6.43. The molecule has 2 aromatic heterocycles. The van der Waals surface area contributed by atoms with Gasteiger partial charge in [-0.3, -0.25) is 9.36 Å². The van der Waals surface area contributed by atoms with Gasteiger partial charge in [-0.15, -0.1) is 17.9 Å². The lowest BCUT2D eigenvalue weighted by Crippen LogP contribution is -2.23. The summed E-state index contributed by atoms with van der Waals surface area (Å²) < 4.78 is 1.82. The van der Waals surface area contributed by atoms with Crippen molar-refractivity contribution in [3.05, 3.63) is 67.8 Å². The van der Waals surface area contributed by atoms with Crippen LogP contribution in [0.1, 0.15) is 66.8 Å². The predicted octanol–water partition coefficient (Wildman–Crippen LogP) is 6.98. The van der Waals surface area contributed by atoms with Crippen molar-refractivity contribution in [2.24, 2.45) is 5.92 Å². The van der Waals surface area contributed by atoms with Crippen LogP contribution in [0.3, 0.4) is 0 Å². The molecule has 5 heteroatoms. The van der Waals surface area contributed by atoms with Crippen molar-refractivity contribution in [1.82, 2.24) is 9.55 Å². The number of rotatable bonds is 5. The molecule has 0 amide bonds. The maximum absolute atomic E-state index is 13.5. The van der Waals surface area contributed by atoms with Crippen molar-refractivity contribution in [3.8, 4) is 0 Å². The second-order valence-corrected chi connectivity index (χ2v) is 12.3. The number of hydrogen-bond donors (Lipinski definition) is 0. The molecule has 2 heterocycles. The van der Waals surface area contributed by atoms with E-state index in [4.69, 9.17) is 4.98 Å². The smallest absolute Gasteiger partial charge is 0.263 e. The van der Waals surface area contributed by atoms with Crippen molar-refractivity contribution in [2.75, 3.05) is 0 Å². The van der Waals surface area contributed by atoms with Crippen LogP contribution < -0.4 is 5.56 Å². The Morgan fingerprint density at radius 3 is 2.59 bits per heavy atom. The van der Waals surface area contributed by atoms with Gasteiger partial charge in [0.25, 0.3) is 5.56 Å². The second kappa shape index (κ2) is 8.83. The van der Waals surface area contributed by atoms with Gasteiger partial charge in [-0.2, -0.15) is 0 Å². The SMILES string of the molecule is C=CCn1c(SCc2c(C)cc(C(C)(C)C)cc2C)nc2sc3c(c2c1=O)CCC(C)C3. The van der Waals surface area contributed by atoms with E-state index in [2.05, 4.69) is 60.3 Å². The molecule has 0 N–H and O–H groups in total. The van der Waals surface area contributed by atoms with E-state index >= 15 is 0 Å². The van der Waals surface area contributed by atoms with Gasteiger partial charge in [0.1, 0.15) is 4.83 Å². The first-order chi connectivity index (χ1) is 15.1. The molecule has 0 saturated carbocycles. The molecule has 0 aliphatic heterocycles. The Morgan fingerprint density at radius 2 is 1.97 bits per heavy atom. The molecule has 0 bridgehead atoms. The number of allylic oxidation sites excluding steroid dienone is 1. The van der Waals surface area contributed by atoms with Crippen molar-refractivity contribution in [1.29, 1.82) is 0 Å². The summed E-state index contributed by atoms with van der Waals surface area (Å²) in [5, 5.41) is 1.65. The summed E-state index contributed by atoms with van der Waals surface area (Å²) in [5.41, 5.74) is 6.79. The van der Waals surface area contributed by atoms with Crippen LogP contribution in [0.2, 0.25) is 0 Å². The van der Waals surface area contributed by atoms with Gasteiger partial charge < -0.3 is 0 Å². The average Bonchev–Trinajstić information content (AvgIpc) is 3.06. The summed E-state index contributed by atoms with van der Waals surface area (Å²) in [6, 6.07) is 4.62. The maximum Gasteiger partial charge on any atom is 0.263 e. The van der Waals surface area contributed by atoms with Crippen molar-refractivity contribution >= 4 is 33.3 Å². The normalized spacial score (nSPS) is 16.4. The van der Waals surface area contributed by atoms with Crippen molar-refractivity contribution < 1.29 is 0 Å². The highest BCUT2D eigenvalue weighted by atomic mass is 32.2. The third-order valence-corrected chi connectivity index (χ3v) is 8.75. The van der Waals surface area contributed by atoms with Gasteiger partial charge in [0.2, 0.25) is 0 Å². The molecule has 1 atom stereocenters. The Hall–Kier alpha value is -1.85. The number of benzene rings is 1. The van der Waals surface area contributed by atoms with E-state index in [1.807, 2.05) is 4.57 Å². The van der Waals surface area contributed by atoms with Crippen LogP contribution in [0.25, 0.3) is 10.2 Å². The summed E-state index contributed by atoms with van der Waals surface area (Å²) in [7, 11) is 0. The number of nitrogens with zero attached hydrogens (tertiary/aromatic N) is 2. The van der Waals surface area contributed by atoms with Crippen LogP contribution in [0.15, 0.2) is 34.7 Å². The van der Waals surface area contributed by atoms with E-state index in [9.17, 15) is 4.79 Å². The third kappa shape index (κ3) is 4.34. The van der Waals surface area contributed by atoms with Crippen LogP contribution in [0.5, 0.6) is 0 Å². The van der Waals surface area contributed by atoms with Crippen LogP contribution in [-0.2, 0) is 30.6 Å². The van der Waals surface area contributed by atoms with Crippen molar-refractivity contribution in [2.45, 2.75) is 83.7 Å². The molecule has 1 aliphatic carbocycles. The van der Waals surface area contributed by atoms with Crippen LogP contribution >= 0.6 is 23.1 Å². The number of thioether (sulfide) groups is 1. The van der Waals surface area contributed by atoms with E-state index < -0.39 is 0 Å². The fraction of sp³-hybridized carbons (Fsp3) is 0.481. The van der Waals surface area contributed by atoms with E-state index in [0.717, 1.165) is 40.4 Å². The van der Waals surface area contributed by atoms with E-state index in [1.165, 1.54) is 32.7 Å². The lowest BCUT2D eigenvalue weighted by atomic mass is 9.84. The molecule has 4 rings (SSSR count). The highest BCUT2D eigenvalue weighted by Crippen LogP contribution is 2.37. The molecule has 3 nitrogen and oxygen atoms in total. The molecule has 0 spiro atoms. The number of aryl methyl sites for hydroxylation is 3. The minimum atomic E-state index is 0.0981. The topological polar surface area (TPSA) is 34.9 Å². The van der Waals surface area contributed by atoms with Gasteiger partial charge in [-0.05, 0) is 72.3 Å². The summed E-state index contributed by atoms with van der Waals surface area (Å²) in [6.07, 6.45) is 5.01. The lowest BCUT2D eigenvalue weighted by molar-refractivity contribution is 0.509. The quantitative estimate of drug-likeness (QED) is 0.231. The highest BCUT2D eigenvalue weighted by molar-refractivity contribution is 7.98. The van der Waals surface area contributed by atoms with Gasteiger partial charge in [-0.25, -0.2) is 4.98 Å². The van der Waals surface area contributed by atoms with E-state index in [-0.39, 0.29) is 11.0 Å². The summed E-state index contributed by atoms with van der Waals surface area (Å²) >= 11 is 3.40. The average molecular weight is 467 g/mol. The monoisotopic (exact) mass is 466 g/mol. The fourth-order valence-corrected chi connectivity index (χ4v) is 7.22. The van der Waals surface area contributed by atoms with E-state index in [1.54, 1.807) is 29.2 Å². The van der Waals surface area contributed by atoms with Gasteiger partial charge in [0.05, 0.1) is 5.39 Å². The highest BCUT2D eigenvalue weighted by Gasteiger charge is 2.25. The molecule has 170 valence electrons. The third-order valence-electron chi connectivity index (χ3n) is 6.60. The first kappa shape index (κ1) is 23.3. The number of hydrogen-bond acceptors (Lipinski definition) is 4. The predicted molar refractivity (Wildman–Crippen MR) is 139 cm³/mol. The van der Waals surface area contributed by atoms with Gasteiger partial charge in [0, 0.05) is 17.2 Å². The zero-order valence-corrected chi connectivity index (χ0v) is 21.8. The number of fused-ring (bicyclic) bond motifs is 3. The fourth-order valence-electron chi connectivity index (χ4n) is 4.60. The molecule has 3 aromatic rings. The molecule has 32 heavy (non-hydrogen) atoms. The van der Waals surface area contributed by atoms with E-state index in [0.29, 0.717) is 12.5 Å². The first-order valence-corrected chi connectivity index (χ1v) is 13.3. The Bertz CT molecular complexity index is 1220. The molecule has 1 aliphatic rings. The number of aromatic nitrogens is 2. The summed E-state index contributed by atoms with van der Waals surface area (Å²) in [4.78, 5) is 20.8. The van der Waals surface area contributed by atoms with Crippen LogP contribution in [0.4, 0.5) is 0 Å². The molecular weight excluding hydrogens is 432 g/mol. The summed E-state index contributed by atoms with van der Waals surface area (Å²) in [6.45, 7) is 17.8. The Labute approximate surface area is 200 Å².